The molecule has 112 valence electrons. The standard InChI is InChI=1S/C15H15F2NO2S/c1-20-14-4-2-10(6-11(14)8-18)9-21(19)15-5-3-12(16)7-13(15)17/h2-7H,8-9,18H2,1H3. The lowest BCUT2D eigenvalue weighted by molar-refractivity contribution is 0.409. The Bertz CT molecular complexity index is 677. The highest BCUT2D eigenvalue weighted by atomic mass is 32.2. The van der Waals surface area contributed by atoms with Crippen molar-refractivity contribution in [3.05, 3.63) is 59.2 Å². The van der Waals surface area contributed by atoms with E-state index in [1.807, 2.05) is 0 Å². The second-order valence-electron chi connectivity index (χ2n) is 4.41. The van der Waals surface area contributed by atoms with E-state index in [9.17, 15) is 13.0 Å². The van der Waals surface area contributed by atoms with Crippen molar-refractivity contribution in [1.82, 2.24) is 0 Å². The van der Waals surface area contributed by atoms with Gasteiger partial charge in [0.25, 0.3) is 0 Å². The van der Waals surface area contributed by atoms with E-state index in [2.05, 4.69) is 0 Å². The fourth-order valence-electron chi connectivity index (χ4n) is 1.97. The summed E-state index contributed by atoms with van der Waals surface area (Å²) in [5.74, 6) is -0.719. The number of benzene rings is 2. The average molecular weight is 311 g/mol. The van der Waals surface area contributed by atoms with Crippen molar-refractivity contribution in [2.45, 2.75) is 17.2 Å². The zero-order valence-electron chi connectivity index (χ0n) is 11.4. The monoisotopic (exact) mass is 311 g/mol. The molecule has 0 amide bonds. The molecule has 2 N–H and O–H groups in total. The minimum absolute atomic E-state index is 0.0125. The first-order valence-electron chi connectivity index (χ1n) is 6.24. The Kier molecular flexibility index (Phi) is 5.03. The lowest BCUT2D eigenvalue weighted by atomic mass is 10.1. The first kappa shape index (κ1) is 15.6. The van der Waals surface area contributed by atoms with Crippen LogP contribution in [0.4, 0.5) is 8.78 Å². The van der Waals surface area contributed by atoms with Crippen LogP contribution in [0.3, 0.4) is 0 Å². The molecule has 3 nitrogen and oxygen atoms in total. The van der Waals surface area contributed by atoms with Crippen molar-refractivity contribution in [2.75, 3.05) is 7.11 Å². The molecule has 0 aliphatic carbocycles. The zero-order valence-corrected chi connectivity index (χ0v) is 12.3. The zero-order chi connectivity index (χ0) is 15.4. The normalized spacial score (nSPS) is 12.2. The van der Waals surface area contributed by atoms with E-state index in [4.69, 9.17) is 10.5 Å². The van der Waals surface area contributed by atoms with Gasteiger partial charge in [-0.3, -0.25) is 4.21 Å². The van der Waals surface area contributed by atoms with E-state index in [0.29, 0.717) is 5.75 Å². The molecule has 0 saturated carbocycles. The predicted molar refractivity (Wildman–Crippen MR) is 77.4 cm³/mol. The topological polar surface area (TPSA) is 52.3 Å². The van der Waals surface area contributed by atoms with E-state index in [-0.39, 0.29) is 17.2 Å². The quantitative estimate of drug-likeness (QED) is 0.924. The van der Waals surface area contributed by atoms with Gasteiger partial charge in [0.1, 0.15) is 17.4 Å². The Morgan fingerprint density at radius 3 is 2.57 bits per heavy atom. The predicted octanol–water partition coefficient (Wildman–Crippen LogP) is 2.74. The molecule has 6 heteroatoms. The number of methoxy groups -OCH3 is 1. The van der Waals surface area contributed by atoms with Gasteiger partial charge in [0, 0.05) is 18.2 Å². The summed E-state index contributed by atoms with van der Waals surface area (Å²) in [5.41, 5.74) is 7.15. The molecule has 0 spiro atoms. The summed E-state index contributed by atoms with van der Waals surface area (Å²) in [6.45, 7) is 0.286. The van der Waals surface area contributed by atoms with Crippen molar-refractivity contribution in [3.63, 3.8) is 0 Å². The van der Waals surface area contributed by atoms with Crippen molar-refractivity contribution in [1.29, 1.82) is 0 Å². The van der Waals surface area contributed by atoms with Crippen LogP contribution in [0, 0.1) is 11.6 Å². The van der Waals surface area contributed by atoms with E-state index in [1.165, 1.54) is 6.07 Å². The first-order chi connectivity index (χ1) is 10.0. The SMILES string of the molecule is COc1ccc(CS(=O)c2ccc(F)cc2F)cc1CN. The first-order valence-corrected chi connectivity index (χ1v) is 7.56. The molecule has 2 aromatic rings. The summed E-state index contributed by atoms with van der Waals surface area (Å²) in [7, 11) is -0.0545. The molecule has 1 unspecified atom stereocenters. The van der Waals surface area contributed by atoms with Gasteiger partial charge >= 0.3 is 0 Å². The van der Waals surface area contributed by atoms with Crippen LogP contribution in [-0.2, 0) is 23.1 Å². The van der Waals surface area contributed by atoms with Gasteiger partial charge in [-0.2, -0.15) is 0 Å². The Hall–Kier alpha value is -1.79. The second kappa shape index (κ2) is 6.78. The molecule has 2 rings (SSSR count). The molecule has 0 bridgehead atoms. The molecule has 0 aliphatic heterocycles. The number of ether oxygens (including phenoxy) is 1. The van der Waals surface area contributed by atoms with Gasteiger partial charge in [-0.1, -0.05) is 6.07 Å². The van der Waals surface area contributed by atoms with Gasteiger partial charge in [0.05, 0.1) is 28.6 Å². The summed E-state index contributed by atoms with van der Waals surface area (Å²) >= 11 is 0. The van der Waals surface area contributed by atoms with Crippen molar-refractivity contribution in [3.8, 4) is 5.75 Å². The van der Waals surface area contributed by atoms with Crippen molar-refractivity contribution in [2.24, 2.45) is 5.73 Å². The van der Waals surface area contributed by atoms with E-state index in [0.717, 1.165) is 23.3 Å². The molecule has 0 saturated heterocycles. The lowest BCUT2D eigenvalue weighted by Gasteiger charge is -2.09. The molecule has 0 heterocycles. The number of nitrogens with two attached hydrogens (primary N) is 1. The maximum absolute atomic E-state index is 13.6. The Morgan fingerprint density at radius 2 is 1.95 bits per heavy atom. The van der Waals surface area contributed by atoms with E-state index >= 15 is 0 Å². The Morgan fingerprint density at radius 1 is 1.19 bits per heavy atom. The smallest absolute Gasteiger partial charge is 0.142 e. The Labute approximate surface area is 124 Å². The fourth-order valence-corrected chi connectivity index (χ4v) is 3.10. The van der Waals surface area contributed by atoms with E-state index < -0.39 is 22.4 Å². The van der Waals surface area contributed by atoms with Crippen LogP contribution in [0.25, 0.3) is 0 Å². The molecular weight excluding hydrogens is 296 g/mol. The van der Waals surface area contributed by atoms with Crippen LogP contribution in [-0.4, -0.2) is 11.3 Å². The lowest BCUT2D eigenvalue weighted by Crippen LogP contribution is -2.03. The second-order valence-corrected chi connectivity index (χ2v) is 5.83. The van der Waals surface area contributed by atoms with Gasteiger partial charge in [0.15, 0.2) is 0 Å². The number of hydrogen-bond acceptors (Lipinski definition) is 3. The number of halogens is 2. The molecule has 2 aromatic carbocycles. The van der Waals surface area contributed by atoms with Gasteiger partial charge in [-0.25, -0.2) is 8.78 Å². The van der Waals surface area contributed by atoms with Crippen LogP contribution < -0.4 is 10.5 Å². The summed E-state index contributed by atoms with van der Waals surface area (Å²) in [6.07, 6.45) is 0. The van der Waals surface area contributed by atoms with Crippen LogP contribution in [0.15, 0.2) is 41.3 Å². The molecule has 0 fully saturated rings. The maximum Gasteiger partial charge on any atom is 0.142 e. The minimum atomic E-state index is -1.60. The van der Waals surface area contributed by atoms with Crippen LogP contribution >= 0.6 is 0 Å². The average Bonchev–Trinajstić information content (AvgIpc) is 2.46. The van der Waals surface area contributed by atoms with Gasteiger partial charge in [-0.15, -0.1) is 0 Å². The summed E-state index contributed by atoms with van der Waals surface area (Å²) < 4.78 is 43.8. The summed E-state index contributed by atoms with van der Waals surface area (Å²) in [4.78, 5) is -0.0125. The van der Waals surface area contributed by atoms with Gasteiger partial charge < -0.3 is 10.5 Å². The fraction of sp³-hybridized carbons (Fsp3) is 0.200. The van der Waals surface area contributed by atoms with Crippen LogP contribution in [0.2, 0.25) is 0 Å². The third-order valence-electron chi connectivity index (χ3n) is 3.00. The summed E-state index contributed by atoms with van der Waals surface area (Å²) in [6, 6.07) is 8.28. The molecular formula is C15H15F2NO2S. The molecule has 1 atom stereocenters. The van der Waals surface area contributed by atoms with Crippen molar-refractivity contribution < 1.29 is 17.7 Å². The number of rotatable bonds is 5. The third-order valence-corrected chi connectivity index (χ3v) is 4.42. The maximum atomic E-state index is 13.6. The van der Waals surface area contributed by atoms with Gasteiger partial charge in [-0.05, 0) is 29.8 Å². The van der Waals surface area contributed by atoms with Crippen LogP contribution in [0.1, 0.15) is 11.1 Å². The molecule has 0 aliphatic rings. The highest BCUT2D eigenvalue weighted by molar-refractivity contribution is 7.84. The van der Waals surface area contributed by atoms with Crippen LogP contribution in [0.5, 0.6) is 5.75 Å². The Balaban J connectivity index is 2.23. The molecule has 0 radical (unpaired) electrons. The molecule has 21 heavy (non-hydrogen) atoms. The molecule has 0 aromatic heterocycles. The third kappa shape index (κ3) is 3.65. The minimum Gasteiger partial charge on any atom is -0.496 e. The summed E-state index contributed by atoms with van der Waals surface area (Å²) in [5, 5.41) is 0. The van der Waals surface area contributed by atoms with E-state index in [1.54, 1.807) is 25.3 Å². The highest BCUT2D eigenvalue weighted by Crippen LogP contribution is 2.22. The highest BCUT2D eigenvalue weighted by Gasteiger charge is 2.13. The van der Waals surface area contributed by atoms with Crippen molar-refractivity contribution >= 4 is 10.8 Å². The number of hydrogen-bond donors (Lipinski definition) is 1. The largest absolute Gasteiger partial charge is 0.496 e. The van der Waals surface area contributed by atoms with Gasteiger partial charge in [0.2, 0.25) is 0 Å².